The number of sulfonamides is 1. The molecule has 0 aliphatic heterocycles. The highest BCUT2D eigenvalue weighted by atomic mass is 79.9. The summed E-state index contributed by atoms with van der Waals surface area (Å²) in [5, 5.41) is 3.60. The molecule has 0 aromatic heterocycles. The Balaban J connectivity index is 2.11. The van der Waals surface area contributed by atoms with E-state index in [-0.39, 0.29) is 23.8 Å². The van der Waals surface area contributed by atoms with Crippen molar-refractivity contribution >= 4 is 66.7 Å². The number of nitrogens with one attached hydrogen (secondary N) is 1. The molecule has 2 amide bonds. The van der Waals surface area contributed by atoms with Crippen LogP contribution in [0.4, 0.5) is 5.69 Å². The van der Waals surface area contributed by atoms with E-state index in [2.05, 4.69) is 21.2 Å². The van der Waals surface area contributed by atoms with Gasteiger partial charge in [-0.25, -0.2) is 8.42 Å². The Bertz CT molecular complexity index is 1470. The molecule has 0 bridgehead atoms. The van der Waals surface area contributed by atoms with Gasteiger partial charge in [0.25, 0.3) is 10.0 Å². The van der Waals surface area contributed by atoms with Crippen LogP contribution in [-0.4, -0.2) is 43.3 Å². The third kappa shape index (κ3) is 8.47. The summed E-state index contributed by atoms with van der Waals surface area (Å²) < 4.78 is 29.7. The SMILES string of the molecule is CC[C@@H](C(=O)NC(C)(C)C)N(Cc1c(Cl)cccc1Cl)C(=O)CN(c1ccc(Br)cc1)S(=O)(=O)c1ccc(C)cc1. The predicted molar refractivity (Wildman–Crippen MR) is 169 cm³/mol. The van der Waals surface area contributed by atoms with Crippen LogP contribution in [0.2, 0.25) is 10.0 Å². The van der Waals surface area contributed by atoms with Crippen LogP contribution < -0.4 is 9.62 Å². The molecule has 0 spiro atoms. The first-order valence-electron chi connectivity index (χ1n) is 13.0. The van der Waals surface area contributed by atoms with Crippen molar-refractivity contribution in [3.63, 3.8) is 0 Å². The van der Waals surface area contributed by atoms with E-state index in [4.69, 9.17) is 23.2 Å². The molecule has 0 saturated carbocycles. The molecular formula is C30H34BrCl2N3O4S. The summed E-state index contributed by atoms with van der Waals surface area (Å²) in [4.78, 5) is 29.0. The number of hydrogen-bond donors (Lipinski definition) is 1. The quantitative estimate of drug-likeness (QED) is 0.250. The summed E-state index contributed by atoms with van der Waals surface area (Å²) in [6.45, 7) is 8.54. The number of nitrogens with zero attached hydrogens (tertiary/aromatic N) is 2. The highest BCUT2D eigenvalue weighted by Gasteiger charge is 2.35. The topological polar surface area (TPSA) is 86.8 Å². The molecule has 0 radical (unpaired) electrons. The van der Waals surface area contributed by atoms with E-state index in [1.807, 2.05) is 27.7 Å². The lowest BCUT2D eigenvalue weighted by Crippen LogP contribution is -2.55. The number of benzene rings is 3. The Morgan fingerprint density at radius 2 is 1.51 bits per heavy atom. The predicted octanol–water partition coefficient (Wildman–Crippen LogP) is 6.98. The standard InChI is InChI=1S/C30H34BrCl2N3O4S/c1-6-27(29(38)34-30(3,4)5)35(18-24-25(32)8-7-9-26(24)33)28(37)19-36(22-14-12-21(31)13-15-22)41(39,40)23-16-10-20(2)11-17-23/h7-17,27H,6,18-19H2,1-5H3,(H,34,38)/t27-/m0/s1. The second kappa shape index (κ2) is 13.6. The van der Waals surface area contributed by atoms with Gasteiger partial charge < -0.3 is 10.2 Å². The van der Waals surface area contributed by atoms with E-state index in [0.717, 1.165) is 14.3 Å². The lowest BCUT2D eigenvalue weighted by Gasteiger charge is -2.35. The number of carbonyl (C=O) groups excluding carboxylic acids is 2. The molecule has 0 fully saturated rings. The summed E-state index contributed by atoms with van der Waals surface area (Å²) in [7, 11) is -4.17. The average molecular weight is 683 g/mol. The summed E-state index contributed by atoms with van der Waals surface area (Å²) in [6.07, 6.45) is 0.277. The zero-order chi connectivity index (χ0) is 30.5. The summed E-state index contributed by atoms with van der Waals surface area (Å²) >= 11 is 16.3. The molecule has 7 nitrogen and oxygen atoms in total. The van der Waals surface area contributed by atoms with Crippen LogP contribution in [0, 0.1) is 6.92 Å². The summed E-state index contributed by atoms with van der Waals surface area (Å²) in [5.41, 5.74) is 1.10. The largest absolute Gasteiger partial charge is 0.350 e. The molecule has 1 atom stereocenters. The van der Waals surface area contributed by atoms with Crippen molar-refractivity contribution in [2.45, 2.75) is 64.1 Å². The van der Waals surface area contributed by atoms with Gasteiger partial charge in [-0.05, 0) is 82.6 Å². The Kier molecular flexibility index (Phi) is 10.9. The minimum absolute atomic E-state index is 0.0389. The van der Waals surface area contributed by atoms with Gasteiger partial charge in [0, 0.05) is 32.2 Å². The molecule has 0 heterocycles. The second-order valence-corrected chi connectivity index (χ2v) is 14.3. The van der Waals surface area contributed by atoms with Crippen LogP contribution in [0.5, 0.6) is 0 Å². The number of carbonyl (C=O) groups is 2. The monoisotopic (exact) mass is 681 g/mol. The van der Waals surface area contributed by atoms with Gasteiger partial charge in [0.05, 0.1) is 10.6 Å². The Hall–Kier alpha value is -2.59. The van der Waals surface area contributed by atoms with Crippen LogP contribution >= 0.6 is 39.1 Å². The van der Waals surface area contributed by atoms with Gasteiger partial charge in [-0.3, -0.25) is 13.9 Å². The number of anilines is 1. The Labute approximate surface area is 261 Å². The van der Waals surface area contributed by atoms with Gasteiger partial charge in [-0.1, -0.05) is 69.8 Å². The Morgan fingerprint density at radius 1 is 0.951 bits per heavy atom. The summed E-state index contributed by atoms with van der Waals surface area (Å²) in [5.74, 6) is -0.955. The number of halogens is 3. The minimum atomic E-state index is -4.17. The van der Waals surface area contributed by atoms with Gasteiger partial charge in [-0.2, -0.15) is 0 Å². The van der Waals surface area contributed by atoms with Crippen LogP contribution in [-0.2, 0) is 26.2 Å². The number of amides is 2. The van der Waals surface area contributed by atoms with E-state index in [0.29, 0.717) is 21.3 Å². The number of hydrogen-bond acceptors (Lipinski definition) is 4. The fourth-order valence-corrected chi connectivity index (χ4v) is 6.40. The maximum Gasteiger partial charge on any atom is 0.264 e. The lowest BCUT2D eigenvalue weighted by molar-refractivity contribution is -0.141. The first-order chi connectivity index (χ1) is 19.1. The Morgan fingerprint density at radius 3 is 2.02 bits per heavy atom. The molecule has 0 saturated heterocycles. The number of rotatable bonds is 10. The minimum Gasteiger partial charge on any atom is -0.350 e. The van der Waals surface area contributed by atoms with Crippen LogP contribution in [0.15, 0.2) is 76.1 Å². The van der Waals surface area contributed by atoms with Crippen LogP contribution in [0.1, 0.15) is 45.2 Å². The lowest BCUT2D eigenvalue weighted by atomic mass is 10.1. The van der Waals surface area contributed by atoms with Crippen molar-refractivity contribution in [2.24, 2.45) is 0 Å². The van der Waals surface area contributed by atoms with Gasteiger partial charge in [0.2, 0.25) is 11.8 Å². The van der Waals surface area contributed by atoms with E-state index in [1.165, 1.54) is 17.0 Å². The van der Waals surface area contributed by atoms with Crippen molar-refractivity contribution in [1.29, 1.82) is 0 Å². The maximum atomic E-state index is 14.2. The average Bonchev–Trinajstić information content (AvgIpc) is 2.88. The van der Waals surface area contributed by atoms with Gasteiger partial charge in [0.1, 0.15) is 12.6 Å². The van der Waals surface area contributed by atoms with Gasteiger partial charge >= 0.3 is 0 Å². The first-order valence-corrected chi connectivity index (χ1v) is 16.0. The van der Waals surface area contributed by atoms with Crippen molar-refractivity contribution in [1.82, 2.24) is 10.2 Å². The second-order valence-electron chi connectivity index (χ2n) is 10.7. The van der Waals surface area contributed by atoms with Crippen LogP contribution in [0.3, 0.4) is 0 Å². The van der Waals surface area contributed by atoms with E-state index < -0.39 is 34.1 Å². The molecule has 0 aliphatic rings. The fraction of sp³-hybridized carbons (Fsp3) is 0.333. The smallest absolute Gasteiger partial charge is 0.264 e. The molecule has 41 heavy (non-hydrogen) atoms. The third-order valence-corrected chi connectivity index (χ3v) is 9.30. The van der Waals surface area contributed by atoms with E-state index in [1.54, 1.807) is 61.5 Å². The van der Waals surface area contributed by atoms with Crippen molar-refractivity contribution in [3.05, 3.63) is 92.4 Å². The van der Waals surface area contributed by atoms with E-state index >= 15 is 0 Å². The fourth-order valence-electron chi connectivity index (χ4n) is 4.20. The molecule has 3 aromatic rings. The number of aryl methyl sites for hydroxylation is 1. The zero-order valence-corrected chi connectivity index (χ0v) is 27.5. The van der Waals surface area contributed by atoms with Crippen molar-refractivity contribution in [2.75, 3.05) is 10.8 Å². The molecule has 3 aromatic carbocycles. The molecule has 0 unspecified atom stereocenters. The first kappa shape index (κ1) is 32.9. The highest BCUT2D eigenvalue weighted by molar-refractivity contribution is 9.10. The molecule has 11 heteroatoms. The van der Waals surface area contributed by atoms with Crippen molar-refractivity contribution < 1.29 is 18.0 Å². The van der Waals surface area contributed by atoms with Gasteiger partial charge in [-0.15, -0.1) is 0 Å². The zero-order valence-electron chi connectivity index (χ0n) is 23.6. The third-order valence-electron chi connectivity index (χ3n) is 6.28. The molecule has 1 N–H and O–H groups in total. The molecule has 220 valence electrons. The molecule has 0 aliphatic carbocycles. The molecular weight excluding hydrogens is 649 g/mol. The van der Waals surface area contributed by atoms with Crippen molar-refractivity contribution in [3.8, 4) is 0 Å². The molecule has 3 rings (SSSR count). The maximum absolute atomic E-state index is 14.2. The normalized spacial score (nSPS) is 12.5. The van der Waals surface area contributed by atoms with Gasteiger partial charge in [0.15, 0.2) is 0 Å². The van der Waals surface area contributed by atoms with Crippen LogP contribution in [0.25, 0.3) is 0 Å². The summed E-state index contributed by atoms with van der Waals surface area (Å²) in [6, 6.07) is 17.1. The van der Waals surface area contributed by atoms with E-state index in [9.17, 15) is 18.0 Å². The highest BCUT2D eigenvalue weighted by Crippen LogP contribution is 2.29.